The second kappa shape index (κ2) is 10.1. The fourth-order valence-corrected chi connectivity index (χ4v) is 5.00. The van der Waals surface area contributed by atoms with Crippen LogP contribution in [0.2, 0.25) is 0 Å². The largest absolute Gasteiger partial charge is 0.464 e. The van der Waals surface area contributed by atoms with Crippen LogP contribution in [0.4, 0.5) is 8.78 Å². The van der Waals surface area contributed by atoms with Gasteiger partial charge in [0.15, 0.2) is 5.82 Å². The molecule has 3 heterocycles. The molecular formula is C35H34F2N2O. The molecule has 204 valence electrons. The number of rotatable bonds is 4. The van der Waals surface area contributed by atoms with Gasteiger partial charge in [-0.25, -0.2) is 8.78 Å². The van der Waals surface area contributed by atoms with Crippen LogP contribution >= 0.6 is 0 Å². The van der Waals surface area contributed by atoms with E-state index in [2.05, 4.69) is 69.7 Å². The SMILES string of the molecule is Cc1ccnc(-c2cc(C(C)(C)C)ccc2-c2cc(-c3ccco3)c(C(C)(C)C)cc2-c2ccc(F)cn2)c1F. The summed E-state index contributed by atoms with van der Waals surface area (Å²) in [5.74, 6) is -0.0267. The first kappa shape index (κ1) is 27.4. The van der Waals surface area contributed by atoms with Crippen molar-refractivity contribution in [1.29, 1.82) is 0 Å². The van der Waals surface area contributed by atoms with E-state index < -0.39 is 5.82 Å². The van der Waals surface area contributed by atoms with Gasteiger partial charge in [-0.1, -0.05) is 53.7 Å². The minimum Gasteiger partial charge on any atom is -0.464 e. The Morgan fingerprint density at radius 3 is 2.10 bits per heavy atom. The Morgan fingerprint density at radius 2 is 1.48 bits per heavy atom. The van der Waals surface area contributed by atoms with Crippen LogP contribution < -0.4 is 0 Å². The zero-order chi connectivity index (χ0) is 28.8. The van der Waals surface area contributed by atoms with Crippen LogP contribution in [0.15, 0.2) is 83.7 Å². The zero-order valence-corrected chi connectivity index (χ0v) is 24.1. The Morgan fingerprint density at radius 1 is 0.700 bits per heavy atom. The topological polar surface area (TPSA) is 38.9 Å². The van der Waals surface area contributed by atoms with Gasteiger partial charge in [0, 0.05) is 22.9 Å². The highest BCUT2D eigenvalue weighted by molar-refractivity contribution is 5.93. The minimum atomic E-state index is -0.408. The standard InChI is InChI=1S/C35H34F2N2O/c1-21-14-15-38-33(32(21)37)27-17-22(34(2,3)4)10-12-24(27)25-18-28(31-9-8-16-40-31)29(35(5,6)7)19-26(25)30-13-11-23(36)20-39-30/h8-20H,1-7H3. The summed E-state index contributed by atoms with van der Waals surface area (Å²) in [5.41, 5.74) is 7.23. The Kier molecular flexibility index (Phi) is 6.95. The quantitative estimate of drug-likeness (QED) is 0.229. The van der Waals surface area contributed by atoms with E-state index in [4.69, 9.17) is 4.42 Å². The summed E-state index contributed by atoms with van der Waals surface area (Å²) in [7, 11) is 0. The third kappa shape index (κ3) is 5.21. The van der Waals surface area contributed by atoms with Crippen molar-refractivity contribution in [3.05, 3.63) is 108 Å². The van der Waals surface area contributed by atoms with Crippen LogP contribution in [-0.2, 0) is 10.8 Å². The van der Waals surface area contributed by atoms with Gasteiger partial charge in [-0.3, -0.25) is 9.97 Å². The van der Waals surface area contributed by atoms with Crippen LogP contribution in [0.25, 0.3) is 45.0 Å². The van der Waals surface area contributed by atoms with E-state index >= 15 is 4.39 Å². The van der Waals surface area contributed by atoms with Gasteiger partial charge in [-0.15, -0.1) is 0 Å². The number of halogens is 2. The lowest BCUT2D eigenvalue weighted by Gasteiger charge is -2.26. The first-order chi connectivity index (χ1) is 18.8. The van der Waals surface area contributed by atoms with E-state index in [0.29, 0.717) is 22.5 Å². The van der Waals surface area contributed by atoms with Crippen LogP contribution in [-0.4, -0.2) is 9.97 Å². The summed E-state index contributed by atoms with van der Waals surface area (Å²) >= 11 is 0. The number of hydrogen-bond donors (Lipinski definition) is 0. The number of benzene rings is 2. The van der Waals surface area contributed by atoms with Crippen LogP contribution in [0.5, 0.6) is 0 Å². The maximum atomic E-state index is 15.7. The molecule has 0 bridgehead atoms. The molecule has 0 saturated carbocycles. The smallest absolute Gasteiger partial charge is 0.152 e. The Bertz CT molecular complexity index is 1670. The second-order valence-electron chi connectivity index (χ2n) is 12.3. The first-order valence-corrected chi connectivity index (χ1v) is 13.5. The van der Waals surface area contributed by atoms with Gasteiger partial charge >= 0.3 is 0 Å². The number of pyridine rings is 2. The third-order valence-electron chi connectivity index (χ3n) is 7.27. The van der Waals surface area contributed by atoms with Crippen molar-refractivity contribution in [3.63, 3.8) is 0 Å². The van der Waals surface area contributed by atoms with Crippen molar-refractivity contribution < 1.29 is 13.2 Å². The monoisotopic (exact) mass is 536 g/mol. The highest BCUT2D eigenvalue weighted by atomic mass is 19.1. The molecule has 40 heavy (non-hydrogen) atoms. The highest BCUT2D eigenvalue weighted by Gasteiger charge is 2.27. The number of nitrogens with zero attached hydrogens (tertiary/aromatic N) is 2. The van der Waals surface area contributed by atoms with Crippen LogP contribution in [0.1, 0.15) is 58.2 Å². The van der Waals surface area contributed by atoms with Gasteiger partial charge < -0.3 is 4.42 Å². The zero-order valence-electron chi connectivity index (χ0n) is 24.1. The van der Waals surface area contributed by atoms with E-state index in [1.54, 1.807) is 31.5 Å². The summed E-state index contributed by atoms with van der Waals surface area (Å²) in [6.07, 6.45) is 4.52. The van der Waals surface area contributed by atoms with E-state index in [9.17, 15) is 4.39 Å². The maximum absolute atomic E-state index is 15.7. The van der Waals surface area contributed by atoms with Gasteiger partial charge in [0.1, 0.15) is 17.3 Å². The normalized spacial score (nSPS) is 12.1. The van der Waals surface area contributed by atoms with Crippen molar-refractivity contribution in [2.24, 2.45) is 0 Å². The van der Waals surface area contributed by atoms with Gasteiger partial charge in [0.2, 0.25) is 0 Å². The van der Waals surface area contributed by atoms with E-state index in [1.165, 1.54) is 12.3 Å². The van der Waals surface area contributed by atoms with Crippen LogP contribution in [0.3, 0.4) is 0 Å². The van der Waals surface area contributed by atoms with Gasteiger partial charge in [-0.05, 0) is 94.1 Å². The fraction of sp³-hybridized carbons (Fsp3) is 0.257. The van der Waals surface area contributed by atoms with Crippen molar-refractivity contribution in [3.8, 4) is 45.0 Å². The van der Waals surface area contributed by atoms with Gasteiger partial charge in [0.05, 0.1) is 18.2 Å². The molecule has 0 aliphatic rings. The lowest BCUT2D eigenvalue weighted by Crippen LogP contribution is -2.14. The average molecular weight is 537 g/mol. The van der Waals surface area contributed by atoms with E-state index in [-0.39, 0.29) is 16.6 Å². The molecule has 0 atom stereocenters. The average Bonchev–Trinajstić information content (AvgIpc) is 3.44. The van der Waals surface area contributed by atoms with E-state index in [1.807, 2.05) is 24.3 Å². The van der Waals surface area contributed by atoms with Gasteiger partial charge in [0.25, 0.3) is 0 Å². The fourth-order valence-electron chi connectivity index (χ4n) is 5.00. The molecule has 3 aromatic heterocycles. The molecule has 2 aromatic carbocycles. The summed E-state index contributed by atoms with van der Waals surface area (Å²) in [5, 5.41) is 0. The maximum Gasteiger partial charge on any atom is 0.152 e. The molecule has 0 fully saturated rings. The molecular weight excluding hydrogens is 502 g/mol. The summed E-state index contributed by atoms with van der Waals surface area (Å²) in [6, 6.07) is 18.9. The van der Waals surface area contributed by atoms with E-state index in [0.717, 1.165) is 39.1 Å². The summed E-state index contributed by atoms with van der Waals surface area (Å²) in [4.78, 5) is 8.96. The van der Waals surface area contributed by atoms with Crippen molar-refractivity contribution >= 4 is 0 Å². The molecule has 5 aromatic rings. The first-order valence-electron chi connectivity index (χ1n) is 13.5. The Balaban J connectivity index is 1.91. The molecule has 0 N–H and O–H groups in total. The molecule has 0 amide bonds. The summed E-state index contributed by atoms with van der Waals surface area (Å²) in [6.45, 7) is 14.6. The van der Waals surface area contributed by atoms with Crippen molar-refractivity contribution in [2.45, 2.75) is 59.3 Å². The summed E-state index contributed by atoms with van der Waals surface area (Å²) < 4.78 is 35.5. The molecule has 0 spiro atoms. The molecule has 5 rings (SSSR count). The molecule has 0 unspecified atom stereocenters. The number of aromatic nitrogens is 2. The predicted octanol–water partition coefficient (Wildman–Crippen LogP) is 9.92. The molecule has 5 heteroatoms. The lowest BCUT2D eigenvalue weighted by molar-refractivity contribution is 0.566. The predicted molar refractivity (Wildman–Crippen MR) is 158 cm³/mol. The number of hydrogen-bond acceptors (Lipinski definition) is 3. The highest BCUT2D eigenvalue weighted by Crippen LogP contribution is 2.45. The third-order valence-corrected chi connectivity index (χ3v) is 7.27. The molecule has 3 nitrogen and oxygen atoms in total. The molecule has 0 aliphatic heterocycles. The molecule has 0 saturated heterocycles. The Labute approximate surface area is 235 Å². The second-order valence-corrected chi connectivity index (χ2v) is 12.3. The molecule has 0 radical (unpaired) electrons. The minimum absolute atomic E-state index is 0.162. The van der Waals surface area contributed by atoms with Gasteiger partial charge in [-0.2, -0.15) is 0 Å². The van der Waals surface area contributed by atoms with Crippen molar-refractivity contribution in [1.82, 2.24) is 9.97 Å². The lowest BCUT2D eigenvalue weighted by atomic mass is 9.78. The number of furan rings is 1. The number of aryl methyl sites for hydroxylation is 1. The molecule has 0 aliphatic carbocycles. The Hall–Kier alpha value is -4.12. The van der Waals surface area contributed by atoms with Crippen LogP contribution in [0, 0.1) is 18.6 Å². The van der Waals surface area contributed by atoms with Crippen molar-refractivity contribution in [2.75, 3.05) is 0 Å².